The molecule has 70 valence electrons. The molecule has 1 rings (SSSR count). The van der Waals surface area contributed by atoms with E-state index in [4.69, 9.17) is 5.11 Å². The van der Waals surface area contributed by atoms with Crippen molar-refractivity contribution in [2.45, 2.75) is 37.8 Å². The Kier molecular flexibility index (Phi) is 3.49. The lowest BCUT2D eigenvalue weighted by atomic mass is 9.93. The predicted octanol–water partition coefficient (Wildman–Crippen LogP) is -0.0359. The first-order valence-corrected chi connectivity index (χ1v) is 4.33. The number of aliphatic carboxylic acids is 1. The minimum atomic E-state index is -0.868. The van der Waals surface area contributed by atoms with Crippen molar-refractivity contribution in [2.24, 2.45) is 0 Å². The van der Waals surface area contributed by atoms with E-state index < -0.39 is 5.97 Å². The Bertz CT molecular complexity index is 160. The third kappa shape index (κ3) is 2.79. The van der Waals surface area contributed by atoms with Crippen molar-refractivity contribution in [2.75, 3.05) is 6.54 Å². The van der Waals surface area contributed by atoms with Gasteiger partial charge in [0.05, 0.1) is 12.6 Å². The second kappa shape index (κ2) is 4.42. The highest BCUT2D eigenvalue weighted by atomic mass is 16.4. The SMILES string of the molecule is O=C(O)CN[C@@H]1CCCC[C@@H]1O. The lowest BCUT2D eigenvalue weighted by Crippen LogP contribution is -2.44. The summed E-state index contributed by atoms with van der Waals surface area (Å²) >= 11 is 0. The Balaban J connectivity index is 2.24. The third-order valence-electron chi connectivity index (χ3n) is 2.24. The van der Waals surface area contributed by atoms with Gasteiger partial charge in [-0.25, -0.2) is 0 Å². The quantitative estimate of drug-likeness (QED) is 0.560. The van der Waals surface area contributed by atoms with E-state index in [9.17, 15) is 9.90 Å². The number of nitrogens with one attached hydrogen (secondary N) is 1. The van der Waals surface area contributed by atoms with Gasteiger partial charge in [0.15, 0.2) is 0 Å². The summed E-state index contributed by atoms with van der Waals surface area (Å²) in [7, 11) is 0. The van der Waals surface area contributed by atoms with Crippen LogP contribution < -0.4 is 5.32 Å². The highest BCUT2D eigenvalue weighted by Gasteiger charge is 2.22. The average molecular weight is 173 g/mol. The summed E-state index contributed by atoms with van der Waals surface area (Å²) in [5.41, 5.74) is 0. The van der Waals surface area contributed by atoms with Gasteiger partial charge in [-0.1, -0.05) is 12.8 Å². The minimum Gasteiger partial charge on any atom is -0.480 e. The van der Waals surface area contributed by atoms with Crippen LogP contribution in [0.2, 0.25) is 0 Å². The molecule has 1 fully saturated rings. The van der Waals surface area contributed by atoms with Gasteiger partial charge in [0, 0.05) is 6.04 Å². The lowest BCUT2D eigenvalue weighted by molar-refractivity contribution is -0.136. The van der Waals surface area contributed by atoms with Gasteiger partial charge in [-0.15, -0.1) is 0 Å². The fraction of sp³-hybridized carbons (Fsp3) is 0.875. The molecule has 0 unspecified atom stereocenters. The molecule has 0 aromatic heterocycles. The minimum absolute atomic E-state index is 0.0187. The summed E-state index contributed by atoms with van der Waals surface area (Å²) in [6, 6.07) is -0.0187. The predicted molar refractivity (Wildman–Crippen MR) is 43.9 cm³/mol. The Labute approximate surface area is 71.6 Å². The number of hydrogen-bond acceptors (Lipinski definition) is 3. The smallest absolute Gasteiger partial charge is 0.317 e. The average Bonchev–Trinajstić information content (AvgIpc) is 2.03. The molecule has 0 radical (unpaired) electrons. The molecule has 0 spiro atoms. The number of carboxylic acid groups (broad SMARTS) is 1. The van der Waals surface area contributed by atoms with Gasteiger partial charge >= 0.3 is 5.97 Å². The van der Waals surface area contributed by atoms with Gasteiger partial charge in [-0.3, -0.25) is 4.79 Å². The topological polar surface area (TPSA) is 69.6 Å². The second-order valence-electron chi connectivity index (χ2n) is 3.23. The van der Waals surface area contributed by atoms with Gasteiger partial charge in [-0.2, -0.15) is 0 Å². The molecule has 2 atom stereocenters. The molecule has 3 N–H and O–H groups in total. The Morgan fingerprint density at radius 2 is 2.08 bits per heavy atom. The zero-order valence-corrected chi connectivity index (χ0v) is 6.99. The third-order valence-corrected chi connectivity index (χ3v) is 2.24. The van der Waals surface area contributed by atoms with Crippen molar-refractivity contribution in [3.8, 4) is 0 Å². The molecule has 1 aliphatic rings. The summed E-state index contributed by atoms with van der Waals surface area (Å²) in [4.78, 5) is 10.2. The van der Waals surface area contributed by atoms with Crippen molar-refractivity contribution in [1.82, 2.24) is 5.32 Å². The largest absolute Gasteiger partial charge is 0.480 e. The highest BCUT2D eigenvalue weighted by Crippen LogP contribution is 2.17. The molecule has 0 amide bonds. The fourth-order valence-electron chi connectivity index (χ4n) is 1.57. The van der Waals surface area contributed by atoms with Crippen molar-refractivity contribution >= 4 is 5.97 Å². The van der Waals surface area contributed by atoms with Crippen LogP contribution >= 0.6 is 0 Å². The number of aliphatic hydroxyl groups is 1. The molecule has 0 heterocycles. The number of carbonyl (C=O) groups is 1. The molecule has 12 heavy (non-hydrogen) atoms. The van der Waals surface area contributed by atoms with E-state index >= 15 is 0 Å². The van der Waals surface area contributed by atoms with Crippen LogP contribution in [0.1, 0.15) is 25.7 Å². The van der Waals surface area contributed by atoms with Crippen LogP contribution in [0.15, 0.2) is 0 Å². The molecule has 0 aromatic carbocycles. The molecule has 4 nitrogen and oxygen atoms in total. The normalized spacial score (nSPS) is 30.1. The van der Waals surface area contributed by atoms with Gasteiger partial charge in [0.25, 0.3) is 0 Å². The molecular weight excluding hydrogens is 158 g/mol. The molecule has 4 heteroatoms. The maximum atomic E-state index is 10.2. The summed E-state index contributed by atoms with van der Waals surface area (Å²) in [5, 5.41) is 20.6. The monoisotopic (exact) mass is 173 g/mol. The maximum Gasteiger partial charge on any atom is 0.317 e. The van der Waals surface area contributed by atoms with E-state index in [1.54, 1.807) is 0 Å². The molecule has 1 aliphatic carbocycles. The number of aliphatic hydroxyl groups excluding tert-OH is 1. The van der Waals surface area contributed by atoms with Crippen LogP contribution in [0.5, 0.6) is 0 Å². The van der Waals surface area contributed by atoms with Gasteiger partial charge < -0.3 is 15.5 Å². The first kappa shape index (κ1) is 9.48. The van der Waals surface area contributed by atoms with Gasteiger partial charge in [0.1, 0.15) is 0 Å². The zero-order valence-electron chi connectivity index (χ0n) is 6.99. The van der Waals surface area contributed by atoms with Gasteiger partial charge in [-0.05, 0) is 12.8 Å². The van der Waals surface area contributed by atoms with Crippen molar-refractivity contribution in [3.05, 3.63) is 0 Å². The van der Waals surface area contributed by atoms with E-state index in [-0.39, 0.29) is 18.7 Å². The second-order valence-corrected chi connectivity index (χ2v) is 3.23. The molecule has 0 aliphatic heterocycles. The Hall–Kier alpha value is -0.610. The zero-order chi connectivity index (χ0) is 8.97. The summed E-state index contributed by atoms with van der Waals surface area (Å²) in [5.74, 6) is -0.868. The van der Waals surface area contributed by atoms with Crippen molar-refractivity contribution in [3.63, 3.8) is 0 Å². The van der Waals surface area contributed by atoms with E-state index in [1.165, 1.54) is 0 Å². The summed E-state index contributed by atoms with van der Waals surface area (Å²) < 4.78 is 0. The molecular formula is C8H15NO3. The molecule has 0 aromatic rings. The fourth-order valence-corrected chi connectivity index (χ4v) is 1.57. The summed E-state index contributed by atoms with van der Waals surface area (Å²) in [6.07, 6.45) is 3.44. The van der Waals surface area contributed by atoms with Crippen LogP contribution in [0.3, 0.4) is 0 Å². The van der Waals surface area contributed by atoms with E-state index in [0.29, 0.717) is 0 Å². The lowest BCUT2D eigenvalue weighted by Gasteiger charge is -2.27. The first-order valence-electron chi connectivity index (χ1n) is 4.33. The first-order chi connectivity index (χ1) is 5.70. The Morgan fingerprint density at radius 1 is 1.42 bits per heavy atom. The number of carboxylic acids is 1. The molecule has 0 saturated heterocycles. The number of rotatable bonds is 3. The summed E-state index contributed by atoms with van der Waals surface area (Å²) in [6.45, 7) is -0.0538. The van der Waals surface area contributed by atoms with E-state index in [2.05, 4.69) is 5.32 Å². The van der Waals surface area contributed by atoms with E-state index in [0.717, 1.165) is 25.7 Å². The van der Waals surface area contributed by atoms with E-state index in [1.807, 2.05) is 0 Å². The number of hydrogen-bond donors (Lipinski definition) is 3. The van der Waals surface area contributed by atoms with Crippen molar-refractivity contribution < 1.29 is 15.0 Å². The molecule has 1 saturated carbocycles. The van der Waals surface area contributed by atoms with Crippen LogP contribution in [0.4, 0.5) is 0 Å². The Morgan fingerprint density at radius 3 is 2.67 bits per heavy atom. The molecule has 0 bridgehead atoms. The van der Waals surface area contributed by atoms with Gasteiger partial charge in [0.2, 0.25) is 0 Å². The standard InChI is InChI=1S/C8H15NO3/c10-7-4-2-1-3-6(7)9-5-8(11)12/h6-7,9-10H,1-5H2,(H,11,12)/t6-,7+/m1/s1. The van der Waals surface area contributed by atoms with Crippen LogP contribution in [-0.2, 0) is 4.79 Å². The van der Waals surface area contributed by atoms with Crippen LogP contribution in [0.25, 0.3) is 0 Å². The highest BCUT2D eigenvalue weighted by molar-refractivity contribution is 5.69. The van der Waals surface area contributed by atoms with Crippen LogP contribution in [-0.4, -0.2) is 34.9 Å². The van der Waals surface area contributed by atoms with Crippen LogP contribution in [0, 0.1) is 0 Å². The van der Waals surface area contributed by atoms with Crippen molar-refractivity contribution in [1.29, 1.82) is 0 Å². The maximum absolute atomic E-state index is 10.2.